The number of carbonyl (C=O) groups excluding carboxylic acids is 1. The van der Waals surface area contributed by atoms with Crippen LogP contribution in [0.2, 0.25) is 18.1 Å². The number of benzene rings is 1. The first-order chi connectivity index (χ1) is 10.6. The molecule has 1 aromatic carbocycles. The van der Waals surface area contributed by atoms with E-state index in [1.807, 2.05) is 18.2 Å². The Morgan fingerprint density at radius 3 is 2.43 bits per heavy atom. The molecule has 0 aliphatic carbocycles. The fourth-order valence-electron chi connectivity index (χ4n) is 1.95. The summed E-state index contributed by atoms with van der Waals surface area (Å²) in [5.74, 6) is 0.581. The van der Waals surface area contributed by atoms with Crippen molar-refractivity contribution in [3.63, 3.8) is 0 Å². The fraction of sp³-hybridized carbons (Fsp3) is 0.611. The number of esters is 1. The van der Waals surface area contributed by atoms with Crippen LogP contribution in [0, 0.1) is 0 Å². The van der Waals surface area contributed by atoms with Gasteiger partial charge in [-0.2, -0.15) is 0 Å². The van der Waals surface area contributed by atoms with Crippen molar-refractivity contribution in [1.29, 1.82) is 0 Å². The lowest BCUT2D eigenvalue weighted by Gasteiger charge is -2.37. The van der Waals surface area contributed by atoms with Gasteiger partial charge in [0.2, 0.25) is 8.32 Å². The molecule has 0 radical (unpaired) electrons. The number of rotatable bonds is 7. The van der Waals surface area contributed by atoms with Crippen molar-refractivity contribution in [2.45, 2.75) is 58.2 Å². The zero-order chi connectivity index (χ0) is 17.7. The molecule has 0 spiro atoms. The Balaban J connectivity index is 3.12. The molecule has 0 atom stereocenters. The highest BCUT2D eigenvalue weighted by atomic mass is 28.4. The van der Waals surface area contributed by atoms with E-state index < -0.39 is 8.32 Å². The van der Waals surface area contributed by atoms with E-state index in [1.54, 1.807) is 0 Å². The van der Waals surface area contributed by atoms with Gasteiger partial charge in [-0.05, 0) is 48.2 Å². The maximum atomic E-state index is 11.5. The normalized spacial score (nSPS) is 12.1. The molecule has 1 aromatic rings. The van der Waals surface area contributed by atoms with Crippen LogP contribution >= 0.6 is 0 Å². The van der Waals surface area contributed by atoms with Crippen molar-refractivity contribution in [2.24, 2.45) is 0 Å². The number of hydrogen-bond acceptors (Lipinski definition) is 4. The minimum Gasteiger partial charge on any atom is -0.543 e. The molecular formula is C18H30O4Si. The first-order valence-electron chi connectivity index (χ1n) is 8.09. The summed E-state index contributed by atoms with van der Waals surface area (Å²) in [5.41, 5.74) is 1.97. The largest absolute Gasteiger partial charge is 0.543 e. The Morgan fingerprint density at radius 1 is 1.26 bits per heavy atom. The Hall–Kier alpha value is -1.33. The smallest absolute Gasteiger partial charge is 0.309 e. The molecule has 0 fully saturated rings. The number of carbonyl (C=O) groups is 1. The SMILES string of the molecule is COC(=O)Cc1ccc(CCCO)c(O[Si](C)(C)C(C)(C)C)c1. The van der Waals surface area contributed by atoms with Crippen LogP contribution in [0.5, 0.6) is 5.75 Å². The standard InChI is InChI=1S/C18H30O4Si/c1-18(2,3)23(5,6)22-16-12-14(13-17(20)21-4)9-10-15(16)8-7-11-19/h9-10,12,19H,7-8,11,13H2,1-6H3. The molecule has 0 saturated heterocycles. The molecule has 1 N–H and O–H groups in total. The van der Waals surface area contributed by atoms with E-state index in [0.29, 0.717) is 6.42 Å². The lowest BCUT2D eigenvalue weighted by atomic mass is 10.0. The maximum absolute atomic E-state index is 11.5. The number of ether oxygens (including phenoxy) is 1. The van der Waals surface area contributed by atoms with Gasteiger partial charge in [0, 0.05) is 6.61 Å². The van der Waals surface area contributed by atoms with E-state index in [9.17, 15) is 4.79 Å². The van der Waals surface area contributed by atoms with Crippen molar-refractivity contribution in [3.8, 4) is 5.75 Å². The minimum absolute atomic E-state index is 0.0968. The molecule has 0 unspecified atom stereocenters. The van der Waals surface area contributed by atoms with Crippen LogP contribution in [0.15, 0.2) is 18.2 Å². The molecule has 0 bridgehead atoms. The molecule has 0 aliphatic heterocycles. The Kier molecular flexibility index (Phi) is 6.83. The van der Waals surface area contributed by atoms with E-state index in [-0.39, 0.29) is 24.0 Å². The number of aliphatic hydroxyl groups is 1. The third-order valence-corrected chi connectivity index (χ3v) is 8.83. The van der Waals surface area contributed by atoms with Crippen molar-refractivity contribution in [3.05, 3.63) is 29.3 Å². The topological polar surface area (TPSA) is 55.8 Å². The monoisotopic (exact) mass is 338 g/mol. The molecule has 0 saturated carbocycles. The highest BCUT2D eigenvalue weighted by molar-refractivity contribution is 6.74. The zero-order valence-electron chi connectivity index (χ0n) is 15.2. The van der Waals surface area contributed by atoms with Crippen molar-refractivity contribution in [2.75, 3.05) is 13.7 Å². The Morgan fingerprint density at radius 2 is 1.91 bits per heavy atom. The zero-order valence-corrected chi connectivity index (χ0v) is 16.2. The van der Waals surface area contributed by atoms with Crippen LogP contribution in [0.25, 0.3) is 0 Å². The quantitative estimate of drug-likeness (QED) is 0.608. The van der Waals surface area contributed by atoms with Crippen LogP contribution in [0.4, 0.5) is 0 Å². The van der Waals surface area contributed by atoms with Crippen LogP contribution in [0.1, 0.15) is 38.3 Å². The van der Waals surface area contributed by atoms with E-state index in [0.717, 1.165) is 23.3 Å². The molecule has 0 aliphatic rings. The summed E-state index contributed by atoms with van der Waals surface area (Å²) in [7, 11) is -0.572. The molecule has 5 heteroatoms. The van der Waals surface area contributed by atoms with Crippen LogP contribution in [0.3, 0.4) is 0 Å². The summed E-state index contributed by atoms with van der Waals surface area (Å²) in [5, 5.41) is 9.19. The molecule has 130 valence electrons. The maximum Gasteiger partial charge on any atom is 0.309 e. The van der Waals surface area contributed by atoms with Gasteiger partial charge < -0.3 is 14.3 Å². The predicted molar refractivity (Wildman–Crippen MR) is 95.4 cm³/mol. The van der Waals surface area contributed by atoms with Crippen molar-refractivity contribution < 1.29 is 19.1 Å². The average molecular weight is 339 g/mol. The molecule has 0 aromatic heterocycles. The fourth-order valence-corrected chi connectivity index (χ4v) is 2.99. The predicted octanol–water partition coefficient (Wildman–Crippen LogP) is 3.71. The van der Waals surface area contributed by atoms with Gasteiger partial charge in [-0.1, -0.05) is 32.9 Å². The van der Waals surface area contributed by atoms with Gasteiger partial charge in [-0.25, -0.2) is 0 Å². The van der Waals surface area contributed by atoms with E-state index in [4.69, 9.17) is 14.3 Å². The third kappa shape index (κ3) is 5.66. The van der Waals surface area contributed by atoms with Gasteiger partial charge in [0.1, 0.15) is 5.75 Å². The summed E-state index contributed by atoms with van der Waals surface area (Å²) in [6.07, 6.45) is 1.70. The van der Waals surface area contributed by atoms with Crippen LogP contribution in [-0.2, 0) is 22.4 Å². The minimum atomic E-state index is -1.97. The first-order valence-corrected chi connectivity index (χ1v) is 11.0. The first kappa shape index (κ1) is 19.7. The van der Waals surface area contributed by atoms with Gasteiger partial charge in [0.05, 0.1) is 13.5 Å². The second kappa shape index (κ2) is 7.97. The van der Waals surface area contributed by atoms with E-state index in [2.05, 4.69) is 33.9 Å². The Bertz CT molecular complexity index is 532. The molecule has 0 heterocycles. The molecule has 1 rings (SSSR count). The average Bonchev–Trinajstić information content (AvgIpc) is 2.44. The summed E-state index contributed by atoms with van der Waals surface area (Å²) < 4.78 is 11.2. The molecule has 0 amide bonds. The second-order valence-corrected chi connectivity index (χ2v) is 12.1. The van der Waals surface area contributed by atoms with Crippen molar-refractivity contribution in [1.82, 2.24) is 0 Å². The molecule has 4 nitrogen and oxygen atoms in total. The van der Waals surface area contributed by atoms with Crippen LogP contribution in [-0.4, -0.2) is 33.1 Å². The van der Waals surface area contributed by atoms with Gasteiger partial charge in [-0.15, -0.1) is 0 Å². The highest BCUT2D eigenvalue weighted by Crippen LogP contribution is 2.38. The third-order valence-electron chi connectivity index (χ3n) is 4.48. The number of aryl methyl sites for hydroxylation is 1. The summed E-state index contributed by atoms with van der Waals surface area (Å²) in [6.45, 7) is 11.2. The summed E-state index contributed by atoms with van der Waals surface area (Å²) >= 11 is 0. The lowest BCUT2D eigenvalue weighted by Crippen LogP contribution is -2.44. The molecule has 23 heavy (non-hydrogen) atoms. The highest BCUT2D eigenvalue weighted by Gasteiger charge is 2.39. The summed E-state index contributed by atoms with van der Waals surface area (Å²) in [4.78, 5) is 11.5. The Labute approximate surface area is 140 Å². The van der Waals surface area contributed by atoms with Gasteiger partial charge >= 0.3 is 5.97 Å². The van der Waals surface area contributed by atoms with Crippen molar-refractivity contribution >= 4 is 14.3 Å². The van der Waals surface area contributed by atoms with Gasteiger partial charge in [-0.3, -0.25) is 4.79 Å². The number of hydrogen-bond donors (Lipinski definition) is 1. The van der Waals surface area contributed by atoms with Gasteiger partial charge in [0.25, 0.3) is 0 Å². The lowest BCUT2D eigenvalue weighted by molar-refractivity contribution is -0.139. The van der Waals surface area contributed by atoms with Gasteiger partial charge in [0.15, 0.2) is 0 Å². The summed E-state index contributed by atoms with van der Waals surface area (Å²) in [6, 6.07) is 5.88. The molecular weight excluding hydrogens is 308 g/mol. The van der Waals surface area contributed by atoms with Crippen LogP contribution < -0.4 is 4.43 Å². The van der Waals surface area contributed by atoms with E-state index in [1.165, 1.54) is 7.11 Å². The van der Waals surface area contributed by atoms with E-state index >= 15 is 0 Å². The number of methoxy groups -OCH3 is 1. The second-order valence-electron chi connectivity index (χ2n) is 7.38. The number of aliphatic hydroxyl groups excluding tert-OH is 1.